The van der Waals surface area contributed by atoms with E-state index in [0.29, 0.717) is 23.5 Å². The minimum atomic E-state index is -0.859. The van der Waals surface area contributed by atoms with Crippen LogP contribution in [-0.4, -0.2) is 26.9 Å². The highest BCUT2D eigenvalue weighted by atomic mass is 16.4. The van der Waals surface area contributed by atoms with E-state index in [9.17, 15) is 4.79 Å². The van der Waals surface area contributed by atoms with Crippen LogP contribution >= 0.6 is 0 Å². The van der Waals surface area contributed by atoms with Crippen molar-refractivity contribution >= 4 is 11.8 Å². The van der Waals surface area contributed by atoms with Gasteiger partial charge in [0.1, 0.15) is 17.5 Å². The molecule has 1 heterocycles. The van der Waals surface area contributed by atoms with Crippen LogP contribution in [0.1, 0.15) is 31.0 Å². The molecule has 0 aliphatic carbocycles. The van der Waals surface area contributed by atoms with Crippen molar-refractivity contribution in [2.24, 2.45) is 7.05 Å². The minimum absolute atomic E-state index is 0.0194. The number of nitriles is 1. The maximum Gasteiger partial charge on any atom is 0.305 e. The van der Waals surface area contributed by atoms with Crippen LogP contribution in [0.25, 0.3) is 0 Å². The van der Waals surface area contributed by atoms with Crippen LogP contribution in [0.15, 0.2) is 0 Å². The Morgan fingerprint density at radius 1 is 1.71 bits per heavy atom. The zero-order valence-corrected chi connectivity index (χ0v) is 10.2. The molecule has 0 aliphatic heterocycles. The highest BCUT2D eigenvalue weighted by Gasteiger charge is 2.17. The average molecular weight is 236 g/mol. The first-order chi connectivity index (χ1) is 7.99. The van der Waals surface area contributed by atoms with Crippen LogP contribution < -0.4 is 5.32 Å². The fourth-order valence-electron chi connectivity index (χ4n) is 1.66. The second-order valence-corrected chi connectivity index (χ2v) is 3.89. The number of anilines is 1. The van der Waals surface area contributed by atoms with Gasteiger partial charge in [-0.25, -0.2) is 0 Å². The number of carboxylic acid groups (broad SMARTS) is 1. The molecule has 0 fully saturated rings. The zero-order valence-electron chi connectivity index (χ0n) is 10.2. The van der Waals surface area contributed by atoms with Crippen molar-refractivity contribution < 1.29 is 9.90 Å². The Morgan fingerprint density at radius 2 is 2.35 bits per heavy atom. The molecule has 1 atom stereocenters. The summed E-state index contributed by atoms with van der Waals surface area (Å²) in [6.45, 7) is 3.65. The van der Waals surface area contributed by atoms with E-state index in [4.69, 9.17) is 10.4 Å². The molecule has 2 N–H and O–H groups in total. The standard InChI is InChI=1S/C11H16N4O2/c1-4-8(5-10(16)17)13-11-9(6-12)7(2)14-15(11)3/h8,13H,4-5H2,1-3H3,(H,16,17). The lowest BCUT2D eigenvalue weighted by Crippen LogP contribution is -2.24. The number of carbonyl (C=O) groups is 1. The molecule has 0 aromatic carbocycles. The maximum atomic E-state index is 10.7. The lowest BCUT2D eigenvalue weighted by molar-refractivity contribution is -0.137. The molecule has 92 valence electrons. The van der Waals surface area contributed by atoms with E-state index in [1.165, 1.54) is 0 Å². The van der Waals surface area contributed by atoms with E-state index in [0.717, 1.165) is 0 Å². The zero-order chi connectivity index (χ0) is 13.0. The van der Waals surface area contributed by atoms with E-state index in [-0.39, 0.29) is 12.5 Å². The fraction of sp³-hybridized carbons (Fsp3) is 0.545. The Morgan fingerprint density at radius 3 is 2.82 bits per heavy atom. The van der Waals surface area contributed by atoms with E-state index in [2.05, 4.69) is 16.5 Å². The number of nitrogens with zero attached hydrogens (tertiary/aromatic N) is 3. The molecule has 0 saturated heterocycles. The van der Waals surface area contributed by atoms with Crippen LogP contribution in [0, 0.1) is 18.3 Å². The number of aromatic nitrogens is 2. The summed E-state index contributed by atoms with van der Waals surface area (Å²) in [7, 11) is 1.73. The van der Waals surface area contributed by atoms with E-state index >= 15 is 0 Å². The Bertz CT molecular complexity index is 459. The van der Waals surface area contributed by atoms with Crippen LogP contribution in [0.2, 0.25) is 0 Å². The summed E-state index contributed by atoms with van der Waals surface area (Å²) in [5.41, 5.74) is 1.11. The summed E-state index contributed by atoms with van der Waals surface area (Å²) in [5.74, 6) is -0.278. The first-order valence-corrected chi connectivity index (χ1v) is 5.41. The largest absolute Gasteiger partial charge is 0.481 e. The first-order valence-electron chi connectivity index (χ1n) is 5.41. The summed E-state index contributed by atoms with van der Waals surface area (Å²) in [6, 6.07) is 1.87. The molecule has 1 rings (SSSR count). The van der Waals surface area contributed by atoms with Crippen LogP contribution in [0.4, 0.5) is 5.82 Å². The average Bonchev–Trinajstić information content (AvgIpc) is 2.51. The predicted octanol–water partition coefficient (Wildman–Crippen LogP) is 1.27. The number of rotatable bonds is 5. The number of aryl methyl sites for hydroxylation is 2. The van der Waals surface area contributed by atoms with Crippen molar-refractivity contribution in [2.75, 3.05) is 5.32 Å². The molecule has 0 aliphatic rings. The van der Waals surface area contributed by atoms with Gasteiger partial charge in [0.15, 0.2) is 0 Å². The van der Waals surface area contributed by atoms with E-state index in [1.54, 1.807) is 18.7 Å². The number of hydrogen-bond acceptors (Lipinski definition) is 4. The van der Waals surface area contributed by atoms with Gasteiger partial charge in [0.2, 0.25) is 0 Å². The molecule has 6 heteroatoms. The molecule has 0 saturated carbocycles. The second kappa shape index (κ2) is 5.34. The van der Waals surface area contributed by atoms with Gasteiger partial charge in [0.05, 0.1) is 12.1 Å². The van der Waals surface area contributed by atoms with Gasteiger partial charge in [0.25, 0.3) is 0 Å². The summed E-state index contributed by atoms with van der Waals surface area (Å²) in [6.07, 6.45) is 0.687. The van der Waals surface area contributed by atoms with Gasteiger partial charge < -0.3 is 10.4 Å². The third kappa shape index (κ3) is 2.97. The maximum absolute atomic E-state index is 10.7. The van der Waals surface area contributed by atoms with Crippen LogP contribution in [-0.2, 0) is 11.8 Å². The SMILES string of the molecule is CCC(CC(=O)O)Nc1c(C#N)c(C)nn1C. The van der Waals surface area contributed by atoms with Crippen molar-refractivity contribution in [2.45, 2.75) is 32.7 Å². The third-order valence-corrected chi connectivity index (χ3v) is 2.59. The Hall–Kier alpha value is -2.03. The predicted molar refractivity (Wildman–Crippen MR) is 62.6 cm³/mol. The molecule has 1 aromatic heterocycles. The lowest BCUT2D eigenvalue weighted by atomic mass is 10.1. The number of aliphatic carboxylic acids is 1. The fourth-order valence-corrected chi connectivity index (χ4v) is 1.66. The molecule has 6 nitrogen and oxygen atoms in total. The minimum Gasteiger partial charge on any atom is -0.481 e. The van der Waals surface area contributed by atoms with Crippen molar-refractivity contribution in [3.05, 3.63) is 11.3 Å². The number of carboxylic acids is 1. The van der Waals surface area contributed by atoms with Crippen molar-refractivity contribution in [1.82, 2.24) is 9.78 Å². The van der Waals surface area contributed by atoms with Crippen molar-refractivity contribution in [1.29, 1.82) is 5.26 Å². The molecule has 0 bridgehead atoms. The van der Waals surface area contributed by atoms with E-state index < -0.39 is 5.97 Å². The van der Waals surface area contributed by atoms with Gasteiger partial charge in [-0.1, -0.05) is 6.92 Å². The van der Waals surface area contributed by atoms with Gasteiger partial charge in [-0.3, -0.25) is 9.48 Å². The quantitative estimate of drug-likeness (QED) is 0.803. The first kappa shape index (κ1) is 13.0. The highest BCUT2D eigenvalue weighted by molar-refractivity contribution is 5.68. The van der Waals surface area contributed by atoms with Crippen LogP contribution in [0.5, 0.6) is 0 Å². The van der Waals surface area contributed by atoms with E-state index in [1.807, 2.05) is 6.92 Å². The van der Waals surface area contributed by atoms with Crippen LogP contribution in [0.3, 0.4) is 0 Å². The van der Waals surface area contributed by atoms with Crippen molar-refractivity contribution in [3.63, 3.8) is 0 Å². The Balaban J connectivity index is 2.93. The molecule has 1 aromatic rings. The summed E-state index contributed by atoms with van der Waals surface area (Å²) in [4.78, 5) is 10.7. The molecule has 0 spiro atoms. The van der Waals surface area contributed by atoms with Gasteiger partial charge in [-0.05, 0) is 13.3 Å². The molecule has 0 amide bonds. The number of nitrogens with one attached hydrogen (secondary N) is 1. The Kier molecular flexibility index (Phi) is 4.10. The normalized spacial score (nSPS) is 11.9. The van der Waals surface area contributed by atoms with Gasteiger partial charge in [0, 0.05) is 13.1 Å². The van der Waals surface area contributed by atoms with Crippen molar-refractivity contribution in [3.8, 4) is 6.07 Å². The monoisotopic (exact) mass is 236 g/mol. The molecule has 17 heavy (non-hydrogen) atoms. The van der Waals surface area contributed by atoms with Gasteiger partial charge in [-0.15, -0.1) is 0 Å². The molecule has 1 unspecified atom stereocenters. The topological polar surface area (TPSA) is 90.9 Å². The highest BCUT2D eigenvalue weighted by Crippen LogP contribution is 2.19. The molecular weight excluding hydrogens is 220 g/mol. The third-order valence-electron chi connectivity index (χ3n) is 2.59. The second-order valence-electron chi connectivity index (χ2n) is 3.89. The number of hydrogen-bond donors (Lipinski definition) is 2. The summed E-state index contributed by atoms with van der Waals surface area (Å²) < 4.78 is 1.57. The summed E-state index contributed by atoms with van der Waals surface area (Å²) in [5, 5.41) is 25.0. The molecular formula is C11H16N4O2. The van der Waals surface area contributed by atoms with Gasteiger partial charge >= 0.3 is 5.97 Å². The van der Waals surface area contributed by atoms with Gasteiger partial charge in [-0.2, -0.15) is 10.4 Å². The smallest absolute Gasteiger partial charge is 0.305 e. The Labute approximate surface area is 99.9 Å². The summed E-state index contributed by atoms with van der Waals surface area (Å²) >= 11 is 0. The molecule has 0 radical (unpaired) electrons. The lowest BCUT2D eigenvalue weighted by Gasteiger charge is -2.16.